The fourth-order valence-electron chi connectivity index (χ4n) is 2.55. The SMILES string of the molecule is Cc1c(OCCC2CC2)ccc(OC2CCC2)c1OC(F)(F)F. The summed E-state index contributed by atoms with van der Waals surface area (Å²) in [5, 5.41) is 0. The third kappa shape index (κ3) is 4.45. The fourth-order valence-corrected chi connectivity index (χ4v) is 2.55. The number of rotatable bonds is 7. The number of hydrogen-bond acceptors (Lipinski definition) is 3. The molecule has 0 radical (unpaired) electrons. The number of hydrogen-bond donors (Lipinski definition) is 0. The van der Waals surface area contributed by atoms with E-state index in [1.54, 1.807) is 13.0 Å². The van der Waals surface area contributed by atoms with Gasteiger partial charge in [-0.2, -0.15) is 0 Å². The van der Waals surface area contributed by atoms with Crippen molar-refractivity contribution >= 4 is 0 Å². The first-order valence-electron chi connectivity index (χ1n) is 8.11. The Kier molecular flexibility index (Phi) is 4.60. The topological polar surface area (TPSA) is 27.7 Å². The Morgan fingerprint density at radius 2 is 1.78 bits per heavy atom. The van der Waals surface area contributed by atoms with Gasteiger partial charge in [0.05, 0.1) is 12.7 Å². The summed E-state index contributed by atoms with van der Waals surface area (Å²) in [6, 6.07) is 3.18. The van der Waals surface area contributed by atoms with Crippen LogP contribution in [0.15, 0.2) is 12.1 Å². The van der Waals surface area contributed by atoms with Crippen molar-refractivity contribution in [2.24, 2.45) is 5.92 Å². The van der Waals surface area contributed by atoms with Crippen molar-refractivity contribution in [3.63, 3.8) is 0 Å². The first-order chi connectivity index (χ1) is 10.9. The van der Waals surface area contributed by atoms with Gasteiger partial charge < -0.3 is 14.2 Å². The van der Waals surface area contributed by atoms with Crippen LogP contribution >= 0.6 is 0 Å². The quantitative estimate of drug-likeness (QED) is 0.704. The van der Waals surface area contributed by atoms with Crippen LogP contribution in [0.5, 0.6) is 17.2 Å². The molecule has 0 atom stereocenters. The van der Waals surface area contributed by atoms with Gasteiger partial charge in [-0.3, -0.25) is 0 Å². The van der Waals surface area contributed by atoms with Gasteiger partial charge in [0.25, 0.3) is 0 Å². The predicted octanol–water partition coefficient (Wildman–Crippen LogP) is 5.00. The molecular weight excluding hydrogens is 309 g/mol. The van der Waals surface area contributed by atoms with Crippen LogP contribution < -0.4 is 14.2 Å². The Balaban J connectivity index is 1.75. The van der Waals surface area contributed by atoms with Crippen LogP contribution in [0.1, 0.15) is 44.1 Å². The van der Waals surface area contributed by atoms with Crippen LogP contribution in [0.3, 0.4) is 0 Å². The molecule has 6 heteroatoms. The summed E-state index contributed by atoms with van der Waals surface area (Å²) < 4.78 is 53.6. The minimum Gasteiger partial charge on any atom is -0.493 e. The smallest absolute Gasteiger partial charge is 0.493 e. The number of alkyl halides is 3. The lowest BCUT2D eigenvalue weighted by Gasteiger charge is -2.28. The summed E-state index contributed by atoms with van der Waals surface area (Å²) >= 11 is 0. The van der Waals surface area contributed by atoms with Gasteiger partial charge in [0.2, 0.25) is 0 Å². The van der Waals surface area contributed by atoms with E-state index in [9.17, 15) is 13.2 Å². The molecule has 2 aliphatic carbocycles. The minimum atomic E-state index is -4.75. The van der Waals surface area contributed by atoms with Crippen LogP contribution in [0.2, 0.25) is 0 Å². The molecule has 0 aliphatic heterocycles. The second kappa shape index (κ2) is 6.49. The van der Waals surface area contributed by atoms with E-state index in [0.717, 1.165) is 25.7 Å². The van der Waals surface area contributed by atoms with Gasteiger partial charge in [-0.25, -0.2) is 0 Å². The number of halogens is 3. The molecule has 128 valence electrons. The van der Waals surface area contributed by atoms with Gasteiger partial charge in [-0.05, 0) is 50.7 Å². The van der Waals surface area contributed by atoms with E-state index in [2.05, 4.69) is 4.74 Å². The highest BCUT2D eigenvalue weighted by molar-refractivity contribution is 5.53. The van der Waals surface area contributed by atoms with Gasteiger partial charge in [0.1, 0.15) is 5.75 Å². The van der Waals surface area contributed by atoms with Crippen LogP contribution in [-0.2, 0) is 0 Å². The normalized spacial score (nSPS) is 18.4. The molecule has 2 aliphatic rings. The first-order valence-corrected chi connectivity index (χ1v) is 8.11. The average molecular weight is 330 g/mol. The maximum Gasteiger partial charge on any atom is 0.573 e. The molecule has 0 spiro atoms. The zero-order valence-electron chi connectivity index (χ0n) is 13.1. The Hall–Kier alpha value is -1.59. The lowest BCUT2D eigenvalue weighted by atomic mass is 9.96. The molecule has 0 saturated heterocycles. The second-order valence-corrected chi connectivity index (χ2v) is 6.32. The van der Waals surface area contributed by atoms with Gasteiger partial charge in [0.15, 0.2) is 11.5 Å². The molecule has 0 N–H and O–H groups in total. The molecule has 1 aromatic carbocycles. The van der Waals surface area contributed by atoms with Crippen molar-refractivity contribution in [1.82, 2.24) is 0 Å². The molecule has 0 bridgehead atoms. The highest BCUT2D eigenvalue weighted by atomic mass is 19.4. The molecule has 2 saturated carbocycles. The molecule has 3 nitrogen and oxygen atoms in total. The zero-order valence-corrected chi connectivity index (χ0v) is 13.1. The third-order valence-corrected chi connectivity index (χ3v) is 4.36. The van der Waals surface area contributed by atoms with E-state index < -0.39 is 6.36 Å². The van der Waals surface area contributed by atoms with Gasteiger partial charge >= 0.3 is 6.36 Å². The maximum absolute atomic E-state index is 12.7. The van der Waals surface area contributed by atoms with E-state index >= 15 is 0 Å². The lowest BCUT2D eigenvalue weighted by molar-refractivity contribution is -0.275. The monoisotopic (exact) mass is 330 g/mol. The highest BCUT2D eigenvalue weighted by Gasteiger charge is 2.35. The summed E-state index contributed by atoms with van der Waals surface area (Å²) in [7, 11) is 0. The Bertz CT molecular complexity index is 549. The van der Waals surface area contributed by atoms with Gasteiger partial charge in [-0.15, -0.1) is 13.2 Å². The number of ether oxygens (including phenoxy) is 3. The van der Waals surface area contributed by atoms with E-state index in [-0.39, 0.29) is 17.6 Å². The molecule has 0 aromatic heterocycles. The minimum absolute atomic E-state index is 0.0216. The van der Waals surface area contributed by atoms with Crippen molar-refractivity contribution in [2.75, 3.05) is 6.61 Å². The van der Waals surface area contributed by atoms with E-state index in [1.807, 2.05) is 0 Å². The predicted molar refractivity (Wildman–Crippen MR) is 79.0 cm³/mol. The van der Waals surface area contributed by atoms with Crippen molar-refractivity contribution in [1.29, 1.82) is 0 Å². The van der Waals surface area contributed by atoms with Crippen LogP contribution in [0, 0.1) is 12.8 Å². The Morgan fingerprint density at radius 3 is 2.35 bits per heavy atom. The average Bonchev–Trinajstić information content (AvgIpc) is 3.22. The van der Waals surface area contributed by atoms with Gasteiger partial charge in [-0.1, -0.05) is 12.8 Å². The summed E-state index contributed by atoms with van der Waals surface area (Å²) in [4.78, 5) is 0. The molecule has 0 heterocycles. The second-order valence-electron chi connectivity index (χ2n) is 6.32. The molecule has 1 aromatic rings. The summed E-state index contributed by atoms with van der Waals surface area (Å²) in [6.45, 7) is 2.08. The van der Waals surface area contributed by atoms with E-state index in [1.165, 1.54) is 18.9 Å². The fraction of sp³-hybridized carbons (Fsp3) is 0.647. The van der Waals surface area contributed by atoms with Crippen molar-refractivity contribution < 1.29 is 27.4 Å². The van der Waals surface area contributed by atoms with E-state index in [0.29, 0.717) is 23.8 Å². The standard InChI is InChI=1S/C17H21F3O3/c1-11-14(21-10-9-12-5-6-12)7-8-15(22-13-3-2-4-13)16(11)23-17(18,19)20/h7-8,12-13H,2-6,9-10H2,1H3. The van der Waals surface area contributed by atoms with E-state index in [4.69, 9.17) is 9.47 Å². The Morgan fingerprint density at radius 1 is 1.09 bits per heavy atom. The van der Waals surface area contributed by atoms with Crippen LogP contribution in [-0.4, -0.2) is 19.1 Å². The molecule has 23 heavy (non-hydrogen) atoms. The Labute approximate surface area is 133 Å². The van der Waals surface area contributed by atoms with Crippen LogP contribution in [0.4, 0.5) is 13.2 Å². The zero-order chi connectivity index (χ0) is 16.4. The molecule has 3 rings (SSSR count). The molecular formula is C17H21F3O3. The molecule has 0 unspecified atom stereocenters. The number of benzene rings is 1. The lowest BCUT2D eigenvalue weighted by Crippen LogP contribution is -2.26. The summed E-state index contributed by atoms with van der Waals surface area (Å²) in [5.74, 6) is 0.987. The maximum atomic E-state index is 12.7. The van der Waals surface area contributed by atoms with Crippen molar-refractivity contribution in [2.45, 2.75) is 57.9 Å². The largest absolute Gasteiger partial charge is 0.573 e. The first kappa shape index (κ1) is 16.3. The summed E-state index contributed by atoms with van der Waals surface area (Å²) in [6.07, 6.45) is 1.38. The highest BCUT2D eigenvalue weighted by Crippen LogP contribution is 2.42. The van der Waals surface area contributed by atoms with Crippen LogP contribution in [0.25, 0.3) is 0 Å². The molecule has 0 amide bonds. The summed E-state index contributed by atoms with van der Waals surface area (Å²) in [5.41, 5.74) is 0.329. The van der Waals surface area contributed by atoms with Gasteiger partial charge in [0, 0.05) is 5.56 Å². The molecule has 2 fully saturated rings. The van der Waals surface area contributed by atoms with Crippen molar-refractivity contribution in [3.05, 3.63) is 17.7 Å². The van der Waals surface area contributed by atoms with Crippen molar-refractivity contribution in [3.8, 4) is 17.2 Å². The third-order valence-electron chi connectivity index (χ3n) is 4.36.